The fourth-order valence-corrected chi connectivity index (χ4v) is 3.30. The number of hydrogen-bond acceptors (Lipinski definition) is 2. The smallest absolute Gasteiger partial charge is 0.349 e. The second kappa shape index (κ2) is 9.33. The molecule has 3 rings (SSSR count). The minimum atomic E-state index is -4.70. The lowest BCUT2D eigenvalue weighted by atomic mass is 9.99. The standard InChI is InChI=1S/C24H23F5N2O2/c1-14-12-15(6-10-19(14)22(33)30-18-8-9-18)7-11-20(32)31-21(23(2,25)26)16-4-3-5-17(13-16)24(27,28)29/h3-7,10-13,18,21H,8-9H2,1-2H3,(H,30,33)(H,31,32)/b11-7+. The third-order valence-electron chi connectivity index (χ3n) is 5.18. The summed E-state index contributed by atoms with van der Waals surface area (Å²) in [6.45, 7) is 2.26. The molecule has 2 amide bonds. The number of halogens is 5. The SMILES string of the molecule is Cc1cc(/C=C/C(=O)NC(c2cccc(C(F)(F)F)c2)C(C)(F)F)ccc1C(=O)NC1CC1. The van der Waals surface area contributed by atoms with Gasteiger partial charge in [-0.2, -0.15) is 13.2 Å². The van der Waals surface area contributed by atoms with Crippen LogP contribution in [0.1, 0.15) is 58.4 Å². The van der Waals surface area contributed by atoms with Crippen molar-refractivity contribution in [2.24, 2.45) is 0 Å². The summed E-state index contributed by atoms with van der Waals surface area (Å²) in [7, 11) is 0. The molecule has 0 spiro atoms. The quantitative estimate of drug-likeness (QED) is 0.422. The summed E-state index contributed by atoms with van der Waals surface area (Å²) in [5.74, 6) is -4.59. The number of rotatable bonds is 7. The van der Waals surface area contributed by atoms with Crippen LogP contribution in [0.5, 0.6) is 0 Å². The molecule has 33 heavy (non-hydrogen) atoms. The van der Waals surface area contributed by atoms with E-state index in [1.807, 2.05) is 0 Å². The van der Waals surface area contributed by atoms with Crippen LogP contribution < -0.4 is 10.6 Å². The van der Waals surface area contributed by atoms with Crippen molar-refractivity contribution in [1.29, 1.82) is 0 Å². The largest absolute Gasteiger partial charge is 0.416 e. The molecule has 0 aromatic heterocycles. The summed E-state index contributed by atoms with van der Waals surface area (Å²) in [5, 5.41) is 4.97. The van der Waals surface area contributed by atoms with Crippen molar-refractivity contribution in [1.82, 2.24) is 10.6 Å². The fraction of sp³-hybridized carbons (Fsp3) is 0.333. The highest BCUT2D eigenvalue weighted by Crippen LogP contribution is 2.35. The summed E-state index contributed by atoms with van der Waals surface area (Å²) in [4.78, 5) is 24.5. The molecule has 2 N–H and O–H groups in total. The summed E-state index contributed by atoms with van der Waals surface area (Å²) in [5.41, 5.74) is 0.294. The Morgan fingerprint density at radius 2 is 1.76 bits per heavy atom. The maximum absolute atomic E-state index is 14.1. The van der Waals surface area contributed by atoms with Crippen LogP contribution >= 0.6 is 0 Å². The molecule has 1 unspecified atom stereocenters. The second-order valence-electron chi connectivity index (χ2n) is 8.18. The van der Waals surface area contributed by atoms with E-state index in [1.165, 1.54) is 6.08 Å². The maximum Gasteiger partial charge on any atom is 0.416 e. The highest BCUT2D eigenvalue weighted by Gasteiger charge is 2.38. The number of benzene rings is 2. The fourth-order valence-electron chi connectivity index (χ4n) is 3.30. The summed E-state index contributed by atoms with van der Waals surface area (Å²) in [6, 6.07) is 6.64. The molecule has 0 saturated heterocycles. The molecule has 2 aromatic carbocycles. The van der Waals surface area contributed by atoms with Gasteiger partial charge in [0, 0.05) is 24.6 Å². The Kier molecular flexibility index (Phi) is 6.90. The Morgan fingerprint density at radius 1 is 1.06 bits per heavy atom. The molecule has 1 saturated carbocycles. The first-order chi connectivity index (χ1) is 15.3. The van der Waals surface area contributed by atoms with Crippen molar-refractivity contribution < 1.29 is 31.5 Å². The van der Waals surface area contributed by atoms with Gasteiger partial charge < -0.3 is 10.6 Å². The Morgan fingerprint density at radius 3 is 2.33 bits per heavy atom. The topological polar surface area (TPSA) is 58.2 Å². The Hall–Kier alpha value is -3.23. The van der Waals surface area contributed by atoms with E-state index in [4.69, 9.17) is 0 Å². The molecule has 176 valence electrons. The third kappa shape index (κ3) is 6.63. The number of aryl methyl sites for hydroxylation is 1. The molecule has 1 fully saturated rings. The number of carbonyl (C=O) groups excluding carboxylic acids is 2. The predicted molar refractivity (Wildman–Crippen MR) is 114 cm³/mol. The van der Waals surface area contributed by atoms with Crippen molar-refractivity contribution in [3.05, 3.63) is 76.4 Å². The molecule has 1 atom stereocenters. The average Bonchev–Trinajstić information content (AvgIpc) is 3.53. The minimum absolute atomic E-state index is 0.183. The third-order valence-corrected chi connectivity index (χ3v) is 5.18. The number of carbonyl (C=O) groups is 2. The molecular formula is C24H23F5N2O2. The van der Waals surface area contributed by atoms with Crippen LogP contribution in [-0.4, -0.2) is 23.8 Å². The minimum Gasteiger partial charge on any atom is -0.349 e. The molecule has 0 bridgehead atoms. The van der Waals surface area contributed by atoms with Gasteiger partial charge in [-0.25, -0.2) is 8.78 Å². The van der Waals surface area contributed by atoms with E-state index in [0.717, 1.165) is 37.1 Å². The first kappa shape index (κ1) is 24.4. The van der Waals surface area contributed by atoms with Crippen molar-refractivity contribution >= 4 is 17.9 Å². The van der Waals surface area contributed by atoms with Gasteiger partial charge in [-0.1, -0.05) is 24.3 Å². The highest BCUT2D eigenvalue weighted by molar-refractivity contribution is 5.96. The van der Waals surface area contributed by atoms with E-state index in [2.05, 4.69) is 10.6 Å². The van der Waals surface area contributed by atoms with Crippen LogP contribution in [-0.2, 0) is 11.0 Å². The van der Waals surface area contributed by atoms with E-state index in [0.29, 0.717) is 29.7 Å². The Bertz CT molecular complexity index is 1070. The number of hydrogen-bond donors (Lipinski definition) is 2. The number of alkyl halides is 5. The zero-order valence-electron chi connectivity index (χ0n) is 18.0. The summed E-state index contributed by atoms with van der Waals surface area (Å²) < 4.78 is 67.2. The molecule has 0 radical (unpaired) electrons. The highest BCUT2D eigenvalue weighted by atomic mass is 19.4. The van der Waals surface area contributed by atoms with E-state index in [9.17, 15) is 31.5 Å². The van der Waals surface area contributed by atoms with Gasteiger partial charge in [0.05, 0.1) is 5.56 Å². The van der Waals surface area contributed by atoms with Crippen molar-refractivity contribution in [2.45, 2.75) is 50.9 Å². The lowest BCUT2D eigenvalue weighted by Crippen LogP contribution is -2.38. The normalized spacial score (nSPS) is 15.4. The first-order valence-electron chi connectivity index (χ1n) is 10.3. The second-order valence-corrected chi connectivity index (χ2v) is 8.18. The van der Waals surface area contributed by atoms with Crippen molar-refractivity contribution in [2.75, 3.05) is 0 Å². The van der Waals surface area contributed by atoms with Gasteiger partial charge in [0.25, 0.3) is 11.8 Å². The number of amides is 2. The molecule has 1 aliphatic carbocycles. The van der Waals surface area contributed by atoms with Gasteiger partial charge >= 0.3 is 6.18 Å². The van der Waals surface area contributed by atoms with Crippen molar-refractivity contribution in [3.63, 3.8) is 0 Å². The molecule has 0 heterocycles. The Balaban J connectivity index is 1.73. The molecule has 0 aliphatic heterocycles. The summed E-state index contributed by atoms with van der Waals surface area (Å²) >= 11 is 0. The van der Waals surface area contributed by atoms with Gasteiger partial charge in [0.1, 0.15) is 6.04 Å². The predicted octanol–water partition coefficient (Wildman–Crippen LogP) is 5.43. The molecule has 9 heteroatoms. The average molecular weight is 466 g/mol. The Labute approximate surface area is 187 Å². The van der Waals surface area contributed by atoms with Gasteiger partial charge in [-0.15, -0.1) is 0 Å². The molecular weight excluding hydrogens is 443 g/mol. The van der Waals surface area contributed by atoms with Crippen LogP contribution in [0.3, 0.4) is 0 Å². The zero-order chi connectivity index (χ0) is 24.4. The summed E-state index contributed by atoms with van der Waals surface area (Å²) in [6.07, 6.45) is -0.391. The van der Waals surface area contributed by atoms with E-state index >= 15 is 0 Å². The number of nitrogens with one attached hydrogen (secondary N) is 2. The lowest BCUT2D eigenvalue weighted by Gasteiger charge is -2.25. The monoisotopic (exact) mass is 466 g/mol. The maximum atomic E-state index is 14.1. The zero-order valence-corrected chi connectivity index (χ0v) is 18.0. The molecule has 2 aromatic rings. The van der Waals surface area contributed by atoms with Gasteiger partial charge in [-0.3, -0.25) is 9.59 Å². The van der Waals surface area contributed by atoms with Crippen LogP contribution in [0.4, 0.5) is 22.0 Å². The van der Waals surface area contributed by atoms with Crippen LogP contribution in [0.15, 0.2) is 48.5 Å². The van der Waals surface area contributed by atoms with Gasteiger partial charge in [0.15, 0.2) is 0 Å². The van der Waals surface area contributed by atoms with E-state index < -0.39 is 29.6 Å². The van der Waals surface area contributed by atoms with E-state index in [-0.39, 0.29) is 17.5 Å². The van der Waals surface area contributed by atoms with E-state index in [1.54, 1.807) is 25.1 Å². The van der Waals surface area contributed by atoms with Crippen molar-refractivity contribution in [3.8, 4) is 0 Å². The molecule has 1 aliphatic rings. The van der Waals surface area contributed by atoms with Crippen LogP contribution in [0.25, 0.3) is 6.08 Å². The van der Waals surface area contributed by atoms with Crippen LogP contribution in [0, 0.1) is 6.92 Å². The van der Waals surface area contributed by atoms with Gasteiger partial charge in [0.2, 0.25) is 5.91 Å². The van der Waals surface area contributed by atoms with Crippen LogP contribution in [0.2, 0.25) is 0 Å². The molecule has 4 nitrogen and oxygen atoms in total. The first-order valence-corrected chi connectivity index (χ1v) is 10.3. The lowest BCUT2D eigenvalue weighted by molar-refractivity contribution is -0.137. The van der Waals surface area contributed by atoms with Gasteiger partial charge in [-0.05, 0) is 60.7 Å².